The summed E-state index contributed by atoms with van der Waals surface area (Å²) in [7, 11) is -3.58. The zero-order valence-corrected chi connectivity index (χ0v) is 14.4. The van der Waals surface area contributed by atoms with Crippen LogP contribution in [0.3, 0.4) is 0 Å². The predicted octanol–water partition coefficient (Wildman–Crippen LogP) is 3.05. The molecule has 0 spiro atoms. The molecule has 0 aliphatic carbocycles. The van der Waals surface area contributed by atoms with Crippen LogP contribution in [0, 0.1) is 6.92 Å². The minimum Gasteiger partial charge on any atom is -0.324 e. The van der Waals surface area contributed by atoms with Gasteiger partial charge in [0, 0.05) is 10.7 Å². The summed E-state index contributed by atoms with van der Waals surface area (Å²) in [4.78, 5) is 12.2. The molecular weight excluding hydrogens is 336 g/mol. The van der Waals surface area contributed by atoms with Gasteiger partial charge in [-0.25, -0.2) is 8.42 Å². The summed E-state index contributed by atoms with van der Waals surface area (Å²) < 4.78 is 25.0. The van der Waals surface area contributed by atoms with E-state index in [1.54, 1.807) is 48.5 Å². The maximum Gasteiger partial charge on any atom is 0.245 e. The lowest BCUT2D eigenvalue weighted by atomic mass is 10.2. The second-order valence-corrected chi connectivity index (χ2v) is 7.51. The number of hydrogen-bond acceptors (Lipinski definition) is 3. The van der Waals surface area contributed by atoms with Crippen molar-refractivity contribution in [1.29, 1.82) is 0 Å². The Morgan fingerprint density at radius 3 is 2.39 bits per heavy atom. The summed E-state index contributed by atoms with van der Waals surface area (Å²) in [5, 5.41) is 3.12. The van der Waals surface area contributed by atoms with Crippen molar-refractivity contribution in [3.8, 4) is 0 Å². The highest BCUT2D eigenvalue weighted by Crippen LogP contribution is 2.19. The number of nitrogens with zero attached hydrogens (tertiary/aromatic N) is 1. The molecule has 2 rings (SSSR count). The van der Waals surface area contributed by atoms with Crippen LogP contribution in [0.2, 0.25) is 5.02 Å². The van der Waals surface area contributed by atoms with Gasteiger partial charge >= 0.3 is 0 Å². The highest BCUT2D eigenvalue weighted by Gasteiger charge is 2.20. The van der Waals surface area contributed by atoms with Crippen LogP contribution in [0.4, 0.5) is 11.4 Å². The van der Waals surface area contributed by atoms with E-state index in [2.05, 4.69) is 5.32 Å². The third-order valence-corrected chi connectivity index (χ3v) is 4.49. The van der Waals surface area contributed by atoms with Crippen LogP contribution >= 0.6 is 11.6 Å². The molecule has 0 bridgehead atoms. The van der Waals surface area contributed by atoms with Gasteiger partial charge in [-0.1, -0.05) is 35.4 Å². The first-order valence-electron chi connectivity index (χ1n) is 6.85. The maximum absolute atomic E-state index is 12.2. The van der Waals surface area contributed by atoms with Gasteiger partial charge in [-0.3, -0.25) is 9.10 Å². The van der Waals surface area contributed by atoms with Gasteiger partial charge in [-0.05, 0) is 37.3 Å². The number of aryl methyl sites for hydroxylation is 1. The highest BCUT2D eigenvalue weighted by atomic mass is 35.5. The number of nitrogens with one attached hydrogen (secondary N) is 1. The standard InChI is InChI=1S/C16H17ClN2O3S/c1-12-6-8-15(9-7-12)19(23(2,21)22)11-16(20)18-14-5-3-4-13(17)10-14/h3-10H,11H2,1-2H3,(H,18,20). The number of carbonyl (C=O) groups is 1. The van der Waals surface area contributed by atoms with E-state index in [-0.39, 0.29) is 6.54 Å². The second-order valence-electron chi connectivity index (χ2n) is 5.16. The molecule has 23 heavy (non-hydrogen) atoms. The molecule has 2 aromatic rings. The Bertz CT molecular complexity index is 804. The average molecular weight is 353 g/mol. The van der Waals surface area contributed by atoms with Crippen LogP contribution in [0.25, 0.3) is 0 Å². The first-order chi connectivity index (χ1) is 10.8. The molecule has 0 radical (unpaired) electrons. The van der Waals surface area contributed by atoms with E-state index in [0.29, 0.717) is 16.4 Å². The van der Waals surface area contributed by atoms with Crippen molar-refractivity contribution in [2.45, 2.75) is 6.92 Å². The number of hydrogen-bond donors (Lipinski definition) is 1. The third kappa shape index (κ3) is 4.97. The molecule has 0 unspecified atom stereocenters. The molecule has 0 aliphatic heterocycles. The van der Waals surface area contributed by atoms with Crippen molar-refractivity contribution in [3.63, 3.8) is 0 Å². The largest absolute Gasteiger partial charge is 0.324 e. The molecule has 0 aliphatic rings. The lowest BCUT2D eigenvalue weighted by molar-refractivity contribution is -0.114. The predicted molar refractivity (Wildman–Crippen MR) is 93.5 cm³/mol. The number of carbonyl (C=O) groups excluding carboxylic acids is 1. The second kappa shape index (κ2) is 7.02. The number of sulfonamides is 1. The zero-order chi connectivity index (χ0) is 17.0. The molecule has 0 fully saturated rings. The first-order valence-corrected chi connectivity index (χ1v) is 9.08. The van der Waals surface area contributed by atoms with Crippen LogP contribution in [-0.2, 0) is 14.8 Å². The Morgan fingerprint density at radius 2 is 1.83 bits per heavy atom. The van der Waals surface area contributed by atoms with Crippen molar-refractivity contribution >= 4 is 38.9 Å². The highest BCUT2D eigenvalue weighted by molar-refractivity contribution is 7.92. The summed E-state index contributed by atoms with van der Waals surface area (Å²) in [6, 6.07) is 13.6. The van der Waals surface area contributed by atoms with Crippen molar-refractivity contribution in [2.75, 3.05) is 22.4 Å². The Kier molecular flexibility index (Phi) is 5.28. The number of halogens is 1. The van der Waals surface area contributed by atoms with E-state index in [9.17, 15) is 13.2 Å². The van der Waals surface area contributed by atoms with Gasteiger partial charge in [0.15, 0.2) is 0 Å². The molecule has 122 valence electrons. The van der Waals surface area contributed by atoms with Crippen LogP contribution in [0.1, 0.15) is 5.56 Å². The van der Waals surface area contributed by atoms with E-state index in [1.807, 2.05) is 6.92 Å². The monoisotopic (exact) mass is 352 g/mol. The molecule has 1 amide bonds. The molecular formula is C16H17ClN2O3S. The molecule has 0 aromatic heterocycles. The number of anilines is 2. The fourth-order valence-corrected chi connectivity index (χ4v) is 3.05. The summed E-state index contributed by atoms with van der Waals surface area (Å²) in [5.41, 5.74) is 1.96. The lowest BCUT2D eigenvalue weighted by Crippen LogP contribution is -2.37. The molecule has 2 aromatic carbocycles. The number of amides is 1. The molecule has 0 heterocycles. The summed E-state index contributed by atoms with van der Waals surface area (Å²) in [6.07, 6.45) is 1.07. The minimum atomic E-state index is -3.58. The van der Waals surface area contributed by atoms with Gasteiger partial charge in [0.2, 0.25) is 15.9 Å². The van der Waals surface area contributed by atoms with E-state index >= 15 is 0 Å². The van der Waals surface area contributed by atoms with Crippen LogP contribution in [0.15, 0.2) is 48.5 Å². The lowest BCUT2D eigenvalue weighted by Gasteiger charge is -2.22. The summed E-state index contributed by atoms with van der Waals surface area (Å²) in [5.74, 6) is -0.446. The molecule has 1 N–H and O–H groups in total. The zero-order valence-electron chi connectivity index (χ0n) is 12.8. The van der Waals surface area contributed by atoms with Gasteiger partial charge in [0.25, 0.3) is 0 Å². The molecule has 5 nitrogen and oxygen atoms in total. The third-order valence-electron chi connectivity index (χ3n) is 3.12. The quantitative estimate of drug-likeness (QED) is 0.899. The Balaban J connectivity index is 2.18. The van der Waals surface area contributed by atoms with Crippen molar-refractivity contribution < 1.29 is 13.2 Å². The molecule has 0 saturated heterocycles. The number of rotatable bonds is 5. The fraction of sp³-hybridized carbons (Fsp3) is 0.188. The maximum atomic E-state index is 12.2. The van der Waals surface area contributed by atoms with Gasteiger partial charge in [-0.2, -0.15) is 0 Å². The SMILES string of the molecule is Cc1ccc(N(CC(=O)Nc2cccc(Cl)c2)S(C)(=O)=O)cc1. The van der Waals surface area contributed by atoms with Gasteiger partial charge in [0.1, 0.15) is 6.54 Å². The Hall–Kier alpha value is -2.05. The molecule has 0 saturated carbocycles. The topological polar surface area (TPSA) is 66.5 Å². The summed E-state index contributed by atoms with van der Waals surface area (Å²) >= 11 is 5.86. The normalized spacial score (nSPS) is 11.1. The van der Waals surface area contributed by atoms with Crippen LogP contribution in [-0.4, -0.2) is 27.1 Å². The van der Waals surface area contributed by atoms with E-state index in [4.69, 9.17) is 11.6 Å². The van der Waals surface area contributed by atoms with E-state index < -0.39 is 15.9 Å². The minimum absolute atomic E-state index is 0.311. The fourth-order valence-electron chi connectivity index (χ4n) is 2.01. The van der Waals surface area contributed by atoms with Gasteiger partial charge in [-0.15, -0.1) is 0 Å². The van der Waals surface area contributed by atoms with Crippen LogP contribution in [0.5, 0.6) is 0 Å². The van der Waals surface area contributed by atoms with Crippen molar-refractivity contribution in [2.24, 2.45) is 0 Å². The van der Waals surface area contributed by atoms with Crippen molar-refractivity contribution in [3.05, 3.63) is 59.1 Å². The van der Waals surface area contributed by atoms with Crippen molar-refractivity contribution in [1.82, 2.24) is 0 Å². The molecule has 0 atom stereocenters. The van der Waals surface area contributed by atoms with Gasteiger partial charge in [0.05, 0.1) is 11.9 Å². The van der Waals surface area contributed by atoms with E-state index in [1.165, 1.54) is 0 Å². The Labute approximate surface area is 140 Å². The van der Waals surface area contributed by atoms with Crippen LogP contribution < -0.4 is 9.62 Å². The molecule has 7 heteroatoms. The van der Waals surface area contributed by atoms with E-state index in [0.717, 1.165) is 16.1 Å². The first kappa shape index (κ1) is 17.3. The Morgan fingerprint density at radius 1 is 1.17 bits per heavy atom. The van der Waals surface area contributed by atoms with Gasteiger partial charge < -0.3 is 5.32 Å². The summed E-state index contributed by atoms with van der Waals surface area (Å²) in [6.45, 7) is 1.59. The smallest absolute Gasteiger partial charge is 0.245 e. The number of benzene rings is 2. The average Bonchev–Trinajstić information content (AvgIpc) is 2.45.